The standard InChI is InChI=1S/C15H15ClFN3O3S2.C12H9ClN2O3.C3H8NO5P.C3H9S/c1-23-13(21)8-24-12-7-11(10(17)6-9(12)16)18-14-19-4-2-3-5-20(19)15(22)25-14;13-11-10(18-8-4-2-1-3-5-8)7-6-9(12(11)14)15(16)17;5-3(6)1-4-2-10(7,8)9;1-4(2)3/h6-7H,2-5,8H2,1H3;1-7H,14H2;4H,1-2H2,(H,5,6)(H2,7,8,9);1-3H3/q;;;+1/p-1/b18-14-;;;. The number of aliphatic carboxylic acids is 1. The maximum absolute atomic E-state index is 14.3. The first kappa shape index (κ1) is 49.2. The van der Waals surface area contributed by atoms with Crippen molar-refractivity contribution in [1.29, 1.82) is 0 Å². The van der Waals surface area contributed by atoms with Crippen LogP contribution in [0.1, 0.15) is 12.8 Å². The van der Waals surface area contributed by atoms with Crippen LogP contribution in [0.5, 0.6) is 11.5 Å². The second-order valence-corrected chi connectivity index (χ2v) is 18.4. The molecule has 5 rings (SSSR count). The fraction of sp³-hybridized carbons (Fsp3) is 0.333. The second kappa shape index (κ2) is 24.1. The van der Waals surface area contributed by atoms with E-state index in [9.17, 15) is 38.3 Å². The zero-order chi connectivity index (χ0) is 42.9. The highest BCUT2D eigenvalue weighted by molar-refractivity contribution is 8.00. The van der Waals surface area contributed by atoms with E-state index in [1.807, 2.05) is 11.4 Å². The minimum absolute atomic E-state index is 0.0352. The van der Waals surface area contributed by atoms with Crippen LogP contribution in [0.25, 0.3) is 0 Å². The van der Waals surface area contributed by atoms with E-state index in [0.717, 1.165) is 42.0 Å². The van der Waals surface area contributed by atoms with E-state index >= 15 is 0 Å². The molecule has 2 heterocycles. The summed E-state index contributed by atoms with van der Waals surface area (Å²) in [5, 5.41) is 20.9. The molecule has 0 saturated heterocycles. The van der Waals surface area contributed by atoms with E-state index in [2.05, 4.69) is 28.5 Å². The van der Waals surface area contributed by atoms with E-state index in [1.54, 1.807) is 33.6 Å². The van der Waals surface area contributed by atoms with Crippen molar-refractivity contribution in [2.75, 3.05) is 50.2 Å². The molecule has 1 aromatic heterocycles. The van der Waals surface area contributed by atoms with E-state index in [0.29, 0.717) is 39.4 Å². The summed E-state index contributed by atoms with van der Waals surface area (Å²) < 4.78 is 37.7. The molecule has 0 radical (unpaired) electrons. The first-order chi connectivity index (χ1) is 26.7. The highest BCUT2D eigenvalue weighted by Gasteiger charge is 2.19. The van der Waals surface area contributed by atoms with Gasteiger partial charge in [0.15, 0.2) is 0 Å². The number of ether oxygens (including phenoxy) is 2. The summed E-state index contributed by atoms with van der Waals surface area (Å²) in [6.45, 7) is 0.845. The first-order valence-electron chi connectivity index (χ1n) is 16.2. The van der Waals surface area contributed by atoms with Crippen molar-refractivity contribution in [1.82, 2.24) is 14.7 Å². The molecule has 4 aromatic rings. The molecule has 1 aliphatic rings. The summed E-state index contributed by atoms with van der Waals surface area (Å²) in [5.74, 6) is -1.24. The van der Waals surface area contributed by atoms with Gasteiger partial charge in [-0.2, -0.15) is 0 Å². The predicted molar refractivity (Wildman–Crippen MR) is 220 cm³/mol. The number of rotatable bonds is 11. The molecule has 17 nitrogen and oxygen atoms in total. The van der Waals surface area contributed by atoms with Crippen LogP contribution in [0.4, 0.5) is 21.5 Å². The molecule has 312 valence electrons. The van der Waals surface area contributed by atoms with Gasteiger partial charge in [0.05, 0.1) is 54.4 Å². The van der Waals surface area contributed by atoms with Gasteiger partial charge in [-0.3, -0.25) is 34.5 Å². The van der Waals surface area contributed by atoms with Crippen LogP contribution < -0.4 is 30.4 Å². The summed E-state index contributed by atoms with van der Waals surface area (Å²) in [7, 11) is -2.41. The molecule has 0 amide bonds. The Morgan fingerprint density at radius 1 is 1.14 bits per heavy atom. The number of nitrogens with two attached hydrogens (primary N) is 1. The van der Waals surface area contributed by atoms with E-state index in [4.69, 9.17) is 43.7 Å². The number of esters is 1. The summed E-state index contributed by atoms with van der Waals surface area (Å²) in [6.07, 6.45) is 7.77. The number of carboxylic acid groups (broad SMARTS) is 1. The lowest BCUT2D eigenvalue weighted by Gasteiger charge is -2.15. The van der Waals surface area contributed by atoms with Crippen molar-refractivity contribution in [2.24, 2.45) is 4.99 Å². The molecule has 24 heteroatoms. The lowest BCUT2D eigenvalue weighted by Crippen LogP contribution is -2.31. The predicted octanol–water partition coefficient (Wildman–Crippen LogP) is 5.08. The lowest BCUT2D eigenvalue weighted by atomic mass is 10.2. The molecule has 3 aromatic carbocycles. The molecule has 0 spiro atoms. The fourth-order valence-electron chi connectivity index (χ4n) is 4.15. The number of anilines is 1. The summed E-state index contributed by atoms with van der Waals surface area (Å²) in [6, 6.07) is 14.3. The number of hydrogen-bond acceptors (Lipinski definition) is 14. The van der Waals surface area contributed by atoms with Crippen molar-refractivity contribution >= 4 is 93.8 Å². The molecule has 1 atom stereocenters. The summed E-state index contributed by atoms with van der Waals surface area (Å²) in [5.41, 5.74) is 5.33. The molecule has 1 aliphatic heterocycles. The van der Waals surface area contributed by atoms with Crippen LogP contribution in [-0.4, -0.2) is 80.7 Å². The average molecular weight is 914 g/mol. The number of thioether (sulfide) groups is 1. The van der Waals surface area contributed by atoms with Gasteiger partial charge in [0.1, 0.15) is 41.3 Å². The summed E-state index contributed by atoms with van der Waals surface area (Å²) >= 11 is 14.1. The SMILES string of the molecule is COC(=O)CSc1cc(/N=c2\sc(=O)n3n2CCCC3)c(F)cc1Cl.C[S+](C)C.Nc1c([N+](=O)[O-])ccc(Oc2ccccc2)c1Cl.O=C(O)CNCP(=O)([O-])O. The van der Waals surface area contributed by atoms with Crippen LogP contribution in [-0.2, 0) is 42.9 Å². The largest absolute Gasteiger partial charge is 0.778 e. The zero-order valence-corrected chi connectivity index (χ0v) is 35.7. The number of nitro groups is 1. The number of para-hydroxylation sites is 1. The minimum atomic E-state index is -4.35. The Labute approximate surface area is 347 Å². The van der Waals surface area contributed by atoms with Gasteiger partial charge < -0.3 is 34.7 Å². The Kier molecular flexibility index (Phi) is 20.8. The Balaban J connectivity index is 0.000000305. The van der Waals surface area contributed by atoms with Gasteiger partial charge in [-0.15, -0.1) is 11.8 Å². The van der Waals surface area contributed by atoms with Crippen LogP contribution in [0.3, 0.4) is 0 Å². The fourth-order valence-corrected chi connectivity index (χ4v) is 6.73. The van der Waals surface area contributed by atoms with Crippen molar-refractivity contribution in [3.05, 3.63) is 95.0 Å². The second-order valence-electron chi connectivity index (χ2n) is 11.6. The van der Waals surface area contributed by atoms with Crippen LogP contribution in [0, 0.1) is 15.9 Å². The van der Waals surface area contributed by atoms with Gasteiger partial charge in [0.2, 0.25) is 4.80 Å². The number of benzene rings is 3. The quantitative estimate of drug-likeness (QED) is 0.0292. The van der Waals surface area contributed by atoms with Gasteiger partial charge in [-0.05, 0) is 65.4 Å². The third kappa shape index (κ3) is 17.6. The first-order valence-corrected chi connectivity index (χ1v) is 22.9. The van der Waals surface area contributed by atoms with Gasteiger partial charge >= 0.3 is 16.8 Å². The molecular weight excluding hydrogens is 873 g/mol. The summed E-state index contributed by atoms with van der Waals surface area (Å²) in [4.78, 5) is 66.3. The Morgan fingerprint density at radius 2 is 1.75 bits per heavy atom. The van der Waals surface area contributed by atoms with E-state index in [-0.39, 0.29) is 43.5 Å². The number of fused-ring (bicyclic) bond motifs is 1. The number of halogens is 3. The zero-order valence-electron chi connectivity index (χ0n) is 30.9. The van der Waals surface area contributed by atoms with Gasteiger partial charge in [0.25, 0.3) is 5.69 Å². The number of nitrogen functional groups attached to an aromatic ring is 1. The number of carbonyl (C=O) groups excluding carboxylic acids is 1. The Hall–Kier alpha value is -3.92. The Bertz CT molecular complexity index is 2170. The molecule has 0 saturated carbocycles. The van der Waals surface area contributed by atoms with Crippen LogP contribution >= 0.6 is 53.9 Å². The molecule has 0 aliphatic carbocycles. The number of hydrogen-bond donors (Lipinski definition) is 4. The molecular formula is C33H40Cl2FN6O11PS3. The highest BCUT2D eigenvalue weighted by Crippen LogP contribution is 2.39. The molecule has 0 fully saturated rings. The maximum atomic E-state index is 14.3. The smallest absolute Gasteiger partial charge is 0.325 e. The normalized spacial score (nSPS) is 13.0. The average Bonchev–Trinajstić information content (AvgIpc) is 3.45. The number of aromatic nitrogens is 2. The lowest BCUT2D eigenvalue weighted by molar-refractivity contribution is -0.383. The number of carboxylic acids is 1. The minimum Gasteiger partial charge on any atom is -0.778 e. The topological polar surface area (TPSA) is 254 Å². The van der Waals surface area contributed by atoms with E-state index < -0.39 is 43.1 Å². The maximum Gasteiger partial charge on any atom is 0.325 e. The number of carbonyl (C=O) groups is 2. The molecule has 0 bridgehead atoms. The molecule has 5 N–H and O–H groups in total. The van der Waals surface area contributed by atoms with Crippen molar-refractivity contribution < 1.29 is 47.8 Å². The third-order valence-corrected chi connectivity index (χ3v) is 9.90. The molecule has 57 heavy (non-hydrogen) atoms. The van der Waals surface area contributed by atoms with Gasteiger partial charge in [-0.1, -0.05) is 41.4 Å². The van der Waals surface area contributed by atoms with Crippen molar-refractivity contribution in [3.63, 3.8) is 0 Å². The number of nitro benzene ring substituents is 1. The number of methoxy groups -OCH3 is 1. The van der Waals surface area contributed by atoms with Gasteiger partial charge in [0, 0.05) is 24.1 Å². The number of nitrogens with zero attached hydrogens (tertiary/aromatic N) is 4. The third-order valence-electron chi connectivity index (χ3n) is 6.56. The van der Waals surface area contributed by atoms with Gasteiger partial charge in [-0.25, -0.2) is 14.1 Å². The van der Waals surface area contributed by atoms with E-state index in [1.165, 1.54) is 25.3 Å². The number of nitrogens with one attached hydrogen (secondary N) is 1. The highest BCUT2D eigenvalue weighted by atomic mass is 35.5. The monoisotopic (exact) mass is 912 g/mol. The van der Waals surface area contributed by atoms with Crippen molar-refractivity contribution in [2.45, 2.75) is 30.8 Å². The van der Waals surface area contributed by atoms with Crippen LogP contribution in [0.15, 0.2) is 69.3 Å². The Morgan fingerprint density at radius 3 is 2.32 bits per heavy atom. The molecule has 1 unspecified atom stereocenters. The van der Waals surface area contributed by atoms with Crippen molar-refractivity contribution in [3.8, 4) is 11.5 Å². The van der Waals surface area contributed by atoms with Crippen LogP contribution in [0.2, 0.25) is 10.0 Å².